The molecule has 3 rings (SSSR count). The third kappa shape index (κ3) is 7.57. The van der Waals surface area contributed by atoms with Crippen LogP contribution in [-0.2, 0) is 0 Å². The maximum atomic E-state index is 6.21. The summed E-state index contributed by atoms with van der Waals surface area (Å²) in [6.45, 7) is 7.89. The van der Waals surface area contributed by atoms with Crippen molar-refractivity contribution >= 4 is 17.6 Å². The first-order chi connectivity index (χ1) is 13.0. The molecule has 0 radical (unpaired) electrons. The summed E-state index contributed by atoms with van der Waals surface area (Å²) in [5.41, 5.74) is 1.20. The average Bonchev–Trinajstić information content (AvgIpc) is 2.66. The number of benzene rings is 1. The topological polar surface area (TPSA) is 33.3 Å². The molecule has 1 aromatic rings. The Balaban J connectivity index is 1.38. The number of rotatable bonds is 7. The molecule has 0 spiro atoms. The van der Waals surface area contributed by atoms with Crippen molar-refractivity contribution in [3.63, 3.8) is 0 Å². The zero-order valence-corrected chi connectivity index (χ0v) is 18.2. The predicted molar refractivity (Wildman–Crippen MR) is 119 cm³/mol. The molecule has 2 fully saturated rings. The molecule has 0 aromatic heterocycles. The molecule has 1 aromatic carbocycles. The van der Waals surface area contributed by atoms with Gasteiger partial charge in [-0.2, -0.15) is 0 Å². The summed E-state index contributed by atoms with van der Waals surface area (Å²) in [5, 5.41) is 3.66. The molecule has 152 valence electrons. The summed E-state index contributed by atoms with van der Waals surface area (Å²) in [6.07, 6.45) is 12.0. The van der Waals surface area contributed by atoms with Gasteiger partial charge in [0.2, 0.25) is 0 Å². The van der Waals surface area contributed by atoms with E-state index < -0.39 is 0 Å². The van der Waals surface area contributed by atoms with Crippen molar-refractivity contribution in [3.05, 3.63) is 24.3 Å². The Kier molecular flexibility index (Phi) is 7.77. The highest BCUT2D eigenvalue weighted by Crippen LogP contribution is 2.29. The minimum Gasteiger partial charge on any atom is -0.490 e. The maximum absolute atomic E-state index is 6.21. The van der Waals surface area contributed by atoms with Crippen LogP contribution in [-0.4, -0.2) is 23.4 Å². The lowest BCUT2D eigenvalue weighted by Gasteiger charge is -2.31. The summed E-state index contributed by atoms with van der Waals surface area (Å²) in [4.78, 5) is 0. The third-order valence-electron chi connectivity index (χ3n) is 5.66. The standard InChI is InChI=1S/C23H38N2OS/c1-23(2,3)27-25-19-14-12-18(13-15-19)17-24-20-8-7-11-22(16-20)26-21-9-5-4-6-10-21/h7-8,11,16,18-19,21,24-25H,4-6,9-10,12-15,17H2,1-3H3/t18-,19-. The monoisotopic (exact) mass is 390 g/mol. The molecule has 27 heavy (non-hydrogen) atoms. The van der Waals surface area contributed by atoms with E-state index in [4.69, 9.17) is 4.74 Å². The number of ether oxygens (including phenoxy) is 1. The SMILES string of the molecule is CC(C)(C)SN[C@H]1CC[C@H](CNc2cccc(OC3CCCCC3)c2)CC1. The Morgan fingerprint density at radius 2 is 1.74 bits per heavy atom. The van der Waals surface area contributed by atoms with Gasteiger partial charge in [-0.25, -0.2) is 0 Å². The van der Waals surface area contributed by atoms with Crippen molar-refractivity contribution in [2.75, 3.05) is 11.9 Å². The van der Waals surface area contributed by atoms with Crippen LogP contribution in [0.1, 0.15) is 78.6 Å². The second-order valence-corrected chi connectivity index (χ2v) is 11.0. The van der Waals surface area contributed by atoms with Gasteiger partial charge < -0.3 is 10.1 Å². The van der Waals surface area contributed by atoms with Gasteiger partial charge in [-0.05, 0) is 90.2 Å². The van der Waals surface area contributed by atoms with Crippen LogP contribution in [0, 0.1) is 5.92 Å². The molecule has 0 heterocycles. The van der Waals surface area contributed by atoms with E-state index in [1.54, 1.807) is 0 Å². The Morgan fingerprint density at radius 1 is 1.00 bits per heavy atom. The first-order valence-electron chi connectivity index (χ1n) is 10.9. The zero-order chi connectivity index (χ0) is 19.1. The summed E-state index contributed by atoms with van der Waals surface area (Å²) >= 11 is 1.89. The first-order valence-corrected chi connectivity index (χ1v) is 11.7. The van der Waals surface area contributed by atoms with Crippen molar-refractivity contribution in [1.82, 2.24) is 4.72 Å². The fraction of sp³-hybridized carbons (Fsp3) is 0.739. The van der Waals surface area contributed by atoms with E-state index in [-0.39, 0.29) is 0 Å². The molecular weight excluding hydrogens is 352 g/mol. The van der Waals surface area contributed by atoms with Gasteiger partial charge in [0.25, 0.3) is 0 Å². The van der Waals surface area contributed by atoms with E-state index in [2.05, 4.69) is 55.1 Å². The molecule has 0 saturated heterocycles. The molecule has 3 nitrogen and oxygen atoms in total. The van der Waals surface area contributed by atoms with E-state index in [9.17, 15) is 0 Å². The molecule has 2 aliphatic rings. The molecule has 0 aliphatic heterocycles. The van der Waals surface area contributed by atoms with E-state index in [1.165, 1.54) is 63.5 Å². The molecule has 0 bridgehead atoms. The van der Waals surface area contributed by atoms with Crippen molar-refractivity contribution in [1.29, 1.82) is 0 Å². The minimum atomic E-state index is 0.295. The summed E-state index contributed by atoms with van der Waals surface area (Å²) < 4.78 is 10.2. The average molecular weight is 391 g/mol. The van der Waals surface area contributed by atoms with Crippen LogP contribution in [0.2, 0.25) is 0 Å². The predicted octanol–water partition coefficient (Wildman–Crippen LogP) is 6.41. The quantitative estimate of drug-likeness (QED) is 0.527. The van der Waals surface area contributed by atoms with Gasteiger partial charge in [-0.15, -0.1) is 0 Å². The summed E-state index contributed by atoms with van der Waals surface area (Å²) in [6, 6.07) is 9.25. The van der Waals surface area contributed by atoms with Gasteiger partial charge in [0.1, 0.15) is 5.75 Å². The second kappa shape index (κ2) is 10.1. The highest BCUT2D eigenvalue weighted by molar-refractivity contribution is 7.98. The van der Waals surface area contributed by atoms with Crippen LogP contribution in [0.5, 0.6) is 5.75 Å². The van der Waals surface area contributed by atoms with Crippen molar-refractivity contribution in [2.45, 2.75) is 95.5 Å². The number of nitrogens with one attached hydrogen (secondary N) is 2. The number of hydrogen-bond donors (Lipinski definition) is 2. The van der Waals surface area contributed by atoms with Gasteiger partial charge in [0, 0.05) is 29.1 Å². The van der Waals surface area contributed by atoms with E-state index >= 15 is 0 Å². The smallest absolute Gasteiger partial charge is 0.121 e. The lowest BCUT2D eigenvalue weighted by Crippen LogP contribution is -2.33. The molecule has 0 unspecified atom stereocenters. The zero-order valence-electron chi connectivity index (χ0n) is 17.4. The largest absolute Gasteiger partial charge is 0.490 e. The fourth-order valence-electron chi connectivity index (χ4n) is 4.06. The van der Waals surface area contributed by atoms with Gasteiger partial charge in [0.05, 0.1) is 6.10 Å². The second-order valence-electron chi connectivity index (χ2n) is 9.34. The highest BCUT2D eigenvalue weighted by atomic mass is 32.2. The van der Waals surface area contributed by atoms with Gasteiger partial charge in [-0.1, -0.05) is 24.4 Å². The molecule has 0 amide bonds. The van der Waals surface area contributed by atoms with E-state index in [0.717, 1.165) is 18.2 Å². The van der Waals surface area contributed by atoms with Crippen LogP contribution in [0.15, 0.2) is 24.3 Å². The normalized spacial score (nSPS) is 24.6. The van der Waals surface area contributed by atoms with Gasteiger partial charge in [0.15, 0.2) is 0 Å². The van der Waals surface area contributed by atoms with E-state index in [0.29, 0.717) is 16.9 Å². The Labute approximate surface area is 170 Å². The van der Waals surface area contributed by atoms with E-state index in [1.807, 2.05) is 11.9 Å². The molecule has 0 atom stereocenters. The molecule has 2 N–H and O–H groups in total. The van der Waals surface area contributed by atoms with Crippen LogP contribution in [0.3, 0.4) is 0 Å². The van der Waals surface area contributed by atoms with Crippen LogP contribution in [0.25, 0.3) is 0 Å². The lowest BCUT2D eigenvalue weighted by atomic mass is 9.86. The van der Waals surface area contributed by atoms with Crippen LogP contribution >= 0.6 is 11.9 Å². The summed E-state index contributed by atoms with van der Waals surface area (Å²) in [5.74, 6) is 1.81. The number of hydrogen-bond acceptors (Lipinski definition) is 4. The Hall–Kier alpha value is -0.870. The van der Waals surface area contributed by atoms with Crippen molar-refractivity contribution in [2.24, 2.45) is 5.92 Å². The molecule has 4 heteroatoms. The highest BCUT2D eigenvalue weighted by Gasteiger charge is 2.22. The first kappa shape index (κ1) is 20.9. The lowest BCUT2D eigenvalue weighted by molar-refractivity contribution is 0.155. The van der Waals surface area contributed by atoms with Crippen molar-refractivity contribution in [3.8, 4) is 5.75 Å². The minimum absolute atomic E-state index is 0.295. The molecular formula is C23H38N2OS. The van der Waals surface area contributed by atoms with Crippen LogP contribution < -0.4 is 14.8 Å². The summed E-state index contributed by atoms with van der Waals surface area (Å²) in [7, 11) is 0. The van der Waals surface area contributed by atoms with Crippen LogP contribution in [0.4, 0.5) is 5.69 Å². The van der Waals surface area contributed by atoms with Gasteiger partial charge in [-0.3, -0.25) is 4.72 Å². The third-order valence-corrected chi connectivity index (χ3v) is 6.73. The maximum Gasteiger partial charge on any atom is 0.121 e. The number of anilines is 1. The Bertz CT molecular complexity index is 558. The molecule has 2 saturated carbocycles. The molecule has 2 aliphatic carbocycles. The van der Waals surface area contributed by atoms with Crippen molar-refractivity contribution < 1.29 is 4.74 Å². The van der Waals surface area contributed by atoms with Gasteiger partial charge >= 0.3 is 0 Å². The Morgan fingerprint density at radius 3 is 2.44 bits per heavy atom. The fourth-order valence-corrected chi connectivity index (χ4v) is 4.82.